The van der Waals surface area contributed by atoms with Gasteiger partial charge in [-0.05, 0) is 0 Å². The molecule has 0 spiro atoms. The first-order valence-corrected chi connectivity index (χ1v) is 4.50. The van der Waals surface area contributed by atoms with E-state index in [1.165, 1.54) is 0 Å². The quantitative estimate of drug-likeness (QED) is 0.651. The molecule has 1 rings (SSSR count). The molecule has 0 bridgehead atoms. The Morgan fingerprint density at radius 3 is 1.60 bits per heavy atom. The van der Waals surface area contributed by atoms with Gasteiger partial charge in [0.2, 0.25) is 0 Å². The highest BCUT2D eigenvalue weighted by Crippen LogP contribution is 2.10. The smallest absolute Gasteiger partial charge is 0.298 e. The van der Waals surface area contributed by atoms with E-state index >= 15 is 0 Å². The van der Waals surface area contributed by atoms with Gasteiger partial charge in [0.05, 0.1) is 0 Å². The van der Waals surface area contributed by atoms with Crippen LogP contribution in [0.2, 0.25) is 0 Å². The van der Waals surface area contributed by atoms with Crippen LogP contribution < -0.4 is 0 Å². The molecule has 86 valence electrons. The normalized spacial score (nSPS) is 8.93. The van der Waals surface area contributed by atoms with Crippen LogP contribution in [0.3, 0.4) is 0 Å². The van der Waals surface area contributed by atoms with E-state index in [1.807, 2.05) is 32.0 Å². The lowest BCUT2D eigenvalue weighted by Gasteiger charge is -1.88. The standard InChI is InChI=1S/C7H6O.C2H3F3.C2H6/c8-6-7-4-2-1-3-5-7;1-2(3,4)5;1-2/h1-6H;1H3;1-2H3. The molecule has 0 aliphatic carbocycles. The lowest BCUT2D eigenvalue weighted by Crippen LogP contribution is -1.95. The molecule has 1 aromatic rings. The topological polar surface area (TPSA) is 17.1 Å². The molecule has 0 saturated heterocycles. The number of aldehydes is 1. The minimum absolute atomic E-state index is 0.188. The van der Waals surface area contributed by atoms with Gasteiger partial charge in [-0.3, -0.25) is 4.79 Å². The Morgan fingerprint density at radius 1 is 1.07 bits per heavy atom. The van der Waals surface area contributed by atoms with E-state index in [1.54, 1.807) is 12.1 Å². The number of carbonyl (C=O) groups excluding carboxylic acids is 1. The van der Waals surface area contributed by atoms with Crippen molar-refractivity contribution in [3.05, 3.63) is 35.9 Å². The van der Waals surface area contributed by atoms with Crippen LogP contribution in [0.5, 0.6) is 0 Å². The van der Waals surface area contributed by atoms with Crippen LogP contribution in [-0.2, 0) is 0 Å². The molecule has 0 saturated carbocycles. The summed E-state index contributed by atoms with van der Waals surface area (Å²) in [6, 6.07) is 9.10. The summed E-state index contributed by atoms with van der Waals surface area (Å²) in [5.74, 6) is 0. The lowest BCUT2D eigenvalue weighted by molar-refractivity contribution is -0.110. The monoisotopic (exact) mass is 220 g/mol. The highest BCUT2D eigenvalue weighted by atomic mass is 19.4. The Bertz CT molecular complexity index is 236. The van der Waals surface area contributed by atoms with E-state index in [4.69, 9.17) is 0 Å². The molecule has 4 heteroatoms. The van der Waals surface area contributed by atoms with Crippen molar-refractivity contribution in [2.75, 3.05) is 0 Å². The minimum atomic E-state index is -4.00. The molecule has 1 nitrogen and oxygen atoms in total. The number of carbonyl (C=O) groups is 1. The van der Waals surface area contributed by atoms with Crippen LogP contribution in [0.1, 0.15) is 31.1 Å². The highest BCUT2D eigenvalue weighted by molar-refractivity contribution is 5.74. The zero-order valence-corrected chi connectivity index (χ0v) is 9.01. The fourth-order valence-electron chi connectivity index (χ4n) is 0.532. The molecule has 0 fully saturated rings. The predicted octanol–water partition coefficient (Wildman–Crippen LogP) is 4.09. The average molecular weight is 220 g/mol. The molecule has 1 aromatic carbocycles. The number of alkyl halides is 3. The molecule has 0 heterocycles. The maximum atomic E-state index is 10.4. The Balaban J connectivity index is 0. The summed E-state index contributed by atoms with van der Waals surface area (Å²) in [5, 5.41) is 0. The highest BCUT2D eigenvalue weighted by Gasteiger charge is 2.15. The molecule has 0 aliphatic rings. The van der Waals surface area contributed by atoms with Crippen LogP contribution in [0.25, 0.3) is 0 Å². The van der Waals surface area contributed by atoms with Crippen molar-refractivity contribution >= 4 is 6.29 Å². The van der Waals surface area contributed by atoms with Crippen LogP contribution in [0.15, 0.2) is 30.3 Å². The first kappa shape index (κ1) is 16.1. The van der Waals surface area contributed by atoms with Crippen molar-refractivity contribution in [2.45, 2.75) is 26.9 Å². The Kier molecular flexibility index (Phi) is 9.94. The molecule has 0 amide bonds. The van der Waals surface area contributed by atoms with E-state index in [9.17, 15) is 18.0 Å². The van der Waals surface area contributed by atoms with Crippen LogP contribution >= 0.6 is 0 Å². The SMILES string of the molecule is CC.CC(F)(F)F.O=Cc1ccccc1. The van der Waals surface area contributed by atoms with Gasteiger partial charge in [-0.1, -0.05) is 44.2 Å². The molecule has 0 unspecified atom stereocenters. The van der Waals surface area contributed by atoms with Crippen molar-refractivity contribution < 1.29 is 18.0 Å². The van der Waals surface area contributed by atoms with Crippen molar-refractivity contribution in [2.24, 2.45) is 0 Å². The maximum absolute atomic E-state index is 10.4. The van der Waals surface area contributed by atoms with Gasteiger partial charge in [0.1, 0.15) is 6.29 Å². The van der Waals surface area contributed by atoms with Crippen LogP contribution in [-0.4, -0.2) is 12.5 Å². The third-order valence-corrected chi connectivity index (χ3v) is 0.936. The largest absolute Gasteiger partial charge is 0.386 e. The van der Waals surface area contributed by atoms with E-state index in [0.29, 0.717) is 0 Å². The predicted molar refractivity (Wildman–Crippen MR) is 54.9 cm³/mol. The van der Waals surface area contributed by atoms with Crippen LogP contribution in [0.4, 0.5) is 13.2 Å². The number of benzene rings is 1. The maximum Gasteiger partial charge on any atom is 0.386 e. The number of hydrogen-bond acceptors (Lipinski definition) is 1. The third kappa shape index (κ3) is 19.2. The first-order valence-electron chi connectivity index (χ1n) is 4.50. The molecule has 15 heavy (non-hydrogen) atoms. The Labute approximate surface area is 87.9 Å². The second kappa shape index (κ2) is 9.24. The van der Waals surface area contributed by atoms with Gasteiger partial charge < -0.3 is 0 Å². The Morgan fingerprint density at radius 2 is 1.40 bits per heavy atom. The van der Waals surface area contributed by atoms with Crippen LogP contribution in [0, 0.1) is 0 Å². The second-order valence-electron chi connectivity index (χ2n) is 2.31. The average Bonchev–Trinajstić information content (AvgIpc) is 2.20. The van der Waals surface area contributed by atoms with E-state index < -0.39 is 6.18 Å². The second-order valence-corrected chi connectivity index (χ2v) is 2.31. The van der Waals surface area contributed by atoms with E-state index in [0.717, 1.165) is 11.8 Å². The first-order chi connectivity index (χ1) is 6.93. The number of halogens is 3. The minimum Gasteiger partial charge on any atom is -0.298 e. The van der Waals surface area contributed by atoms with Gasteiger partial charge in [0, 0.05) is 12.5 Å². The third-order valence-electron chi connectivity index (χ3n) is 0.936. The summed E-state index contributed by atoms with van der Waals surface area (Å²) in [4.78, 5) is 10.0. The molecule has 0 radical (unpaired) electrons. The molecular weight excluding hydrogens is 205 g/mol. The fraction of sp³-hybridized carbons (Fsp3) is 0.364. The summed E-state index contributed by atoms with van der Waals surface area (Å²) < 4.78 is 31.1. The summed E-state index contributed by atoms with van der Waals surface area (Å²) in [6.45, 7) is 4.19. The van der Waals surface area contributed by atoms with Crippen molar-refractivity contribution in [1.82, 2.24) is 0 Å². The van der Waals surface area contributed by atoms with Gasteiger partial charge in [0.25, 0.3) is 0 Å². The van der Waals surface area contributed by atoms with Crippen molar-refractivity contribution in [3.8, 4) is 0 Å². The van der Waals surface area contributed by atoms with Crippen molar-refractivity contribution in [1.29, 1.82) is 0 Å². The summed E-state index contributed by atoms with van der Waals surface area (Å²) in [6.07, 6.45) is -3.17. The lowest BCUT2D eigenvalue weighted by atomic mass is 10.2. The molecule has 0 atom stereocenters. The Hall–Kier alpha value is -1.32. The van der Waals surface area contributed by atoms with Gasteiger partial charge in [-0.2, -0.15) is 13.2 Å². The van der Waals surface area contributed by atoms with Gasteiger partial charge >= 0.3 is 6.18 Å². The van der Waals surface area contributed by atoms with Gasteiger partial charge in [-0.25, -0.2) is 0 Å². The van der Waals surface area contributed by atoms with Crippen molar-refractivity contribution in [3.63, 3.8) is 0 Å². The van der Waals surface area contributed by atoms with E-state index in [-0.39, 0.29) is 6.92 Å². The zero-order chi connectivity index (χ0) is 12.3. The van der Waals surface area contributed by atoms with Gasteiger partial charge in [-0.15, -0.1) is 0 Å². The molecule has 0 N–H and O–H groups in total. The molecule has 0 aliphatic heterocycles. The summed E-state index contributed by atoms with van der Waals surface area (Å²) >= 11 is 0. The van der Waals surface area contributed by atoms with E-state index in [2.05, 4.69) is 0 Å². The molecule has 0 aromatic heterocycles. The summed E-state index contributed by atoms with van der Waals surface area (Å²) in [7, 11) is 0. The fourth-order valence-corrected chi connectivity index (χ4v) is 0.532. The zero-order valence-electron chi connectivity index (χ0n) is 9.01. The number of rotatable bonds is 1. The summed E-state index contributed by atoms with van der Waals surface area (Å²) in [5.41, 5.74) is 0.729. The van der Waals surface area contributed by atoms with Gasteiger partial charge in [0.15, 0.2) is 0 Å². The number of hydrogen-bond donors (Lipinski definition) is 0. The molecular formula is C11H15F3O.